The number of aromatic nitrogens is 2. The molecule has 6 nitrogen and oxygen atoms in total. The minimum Gasteiger partial charge on any atom is -0.384 e. The number of carbonyl (C=O) groups is 1. The van der Waals surface area contributed by atoms with Crippen LogP contribution in [-0.4, -0.2) is 15.9 Å². The second-order valence-corrected chi connectivity index (χ2v) is 1.80. The number of nitrogens with one attached hydrogen (secondary N) is 1. The van der Waals surface area contributed by atoms with Crippen molar-refractivity contribution < 1.29 is 4.79 Å². The van der Waals surface area contributed by atoms with Crippen LogP contribution in [0.5, 0.6) is 0 Å². The summed E-state index contributed by atoms with van der Waals surface area (Å²) >= 11 is 0. The second kappa shape index (κ2) is 2.93. The van der Waals surface area contributed by atoms with Gasteiger partial charge in [0, 0.05) is 6.07 Å². The first-order chi connectivity index (χ1) is 5.24. The number of hydrogen-bond acceptors (Lipinski definition) is 5. The first kappa shape index (κ1) is 7.42. The summed E-state index contributed by atoms with van der Waals surface area (Å²) in [6.07, 6.45) is 1.19. The first-order valence-corrected chi connectivity index (χ1v) is 2.82. The van der Waals surface area contributed by atoms with E-state index in [1.54, 1.807) is 0 Å². The minimum absolute atomic E-state index is 0.153. The predicted molar refractivity (Wildman–Crippen MR) is 38.1 cm³/mol. The molecular weight excluding hydrogens is 146 g/mol. The Kier molecular flexibility index (Phi) is 1.98. The lowest BCUT2D eigenvalue weighted by molar-refractivity contribution is 0.0948. The van der Waals surface area contributed by atoms with Gasteiger partial charge in [0.25, 0.3) is 5.91 Å². The Balaban J connectivity index is 2.96. The molecule has 1 amide bonds. The van der Waals surface area contributed by atoms with Gasteiger partial charge in [-0.3, -0.25) is 10.2 Å². The van der Waals surface area contributed by atoms with Crippen LogP contribution in [0, 0.1) is 0 Å². The summed E-state index contributed by atoms with van der Waals surface area (Å²) < 4.78 is 0. The van der Waals surface area contributed by atoms with Crippen molar-refractivity contribution in [1.82, 2.24) is 15.4 Å². The zero-order chi connectivity index (χ0) is 8.27. The van der Waals surface area contributed by atoms with Gasteiger partial charge < -0.3 is 5.73 Å². The van der Waals surface area contributed by atoms with Crippen LogP contribution in [0.25, 0.3) is 0 Å². The van der Waals surface area contributed by atoms with Gasteiger partial charge >= 0.3 is 0 Å². The monoisotopic (exact) mass is 153 g/mol. The third-order valence-electron chi connectivity index (χ3n) is 1.05. The number of amides is 1. The van der Waals surface area contributed by atoms with Crippen molar-refractivity contribution >= 4 is 11.7 Å². The van der Waals surface area contributed by atoms with E-state index in [0.29, 0.717) is 0 Å². The summed E-state index contributed by atoms with van der Waals surface area (Å²) in [5.41, 5.74) is 7.36. The largest absolute Gasteiger partial charge is 0.384 e. The van der Waals surface area contributed by atoms with Crippen LogP contribution in [-0.2, 0) is 0 Å². The van der Waals surface area contributed by atoms with Crippen LogP contribution >= 0.6 is 0 Å². The van der Waals surface area contributed by atoms with E-state index in [-0.39, 0.29) is 11.5 Å². The number of hydrazine groups is 1. The van der Waals surface area contributed by atoms with Gasteiger partial charge in [-0.1, -0.05) is 0 Å². The third kappa shape index (κ3) is 1.62. The molecule has 5 N–H and O–H groups in total. The third-order valence-corrected chi connectivity index (χ3v) is 1.05. The molecule has 6 heteroatoms. The van der Waals surface area contributed by atoms with Crippen molar-refractivity contribution in [3.05, 3.63) is 18.1 Å². The van der Waals surface area contributed by atoms with Gasteiger partial charge in [0.15, 0.2) is 0 Å². The average molecular weight is 153 g/mol. The fourth-order valence-electron chi connectivity index (χ4n) is 0.570. The number of hydrogen-bond donors (Lipinski definition) is 3. The molecule has 0 saturated carbocycles. The van der Waals surface area contributed by atoms with Crippen LogP contribution < -0.4 is 17.0 Å². The maximum absolute atomic E-state index is 10.8. The molecule has 0 aliphatic carbocycles. The highest BCUT2D eigenvalue weighted by atomic mass is 16.2. The predicted octanol–water partition coefficient (Wildman–Crippen LogP) is -1.34. The fraction of sp³-hybridized carbons (Fsp3) is 0. The summed E-state index contributed by atoms with van der Waals surface area (Å²) in [6.45, 7) is 0. The number of rotatable bonds is 1. The van der Waals surface area contributed by atoms with Crippen molar-refractivity contribution in [2.24, 2.45) is 5.84 Å². The first-order valence-electron chi connectivity index (χ1n) is 2.82. The minimum atomic E-state index is -0.487. The molecule has 0 bridgehead atoms. The highest BCUT2D eigenvalue weighted by Crippen LogP contribution is 1.97. The summed E-state index contributed by atoms with van der Waals surface area (Å²) in [5.74, 6) is 4.60. The zero-order valence-electron chi connectivity index (χ0n) is 5.61. The standard InChI is InChI=1S/C5H7N5O/c6-4-1-3(5(11)10-7)8-2-9-4/h1-2H,7H2,(H,10,11)(H2,6,8,9). The molecule has 1 heterocycles. The van der Waals surface area contributed by atoms with Gasteiger partial charge in [0.1, 0.15) is 17.8 Å². The number of nitrogens with zero attached hydrogens (tertiary/aromatic N) is 2. The maximum Gasteiger partial charge on any atom is 0.283 e. The van der Waals surface area contributed by atoms with E-state index in [1.165, 1.54) is 12.4 Å². The van der Waals surface area contributed by atoms with E-state index in [4.69, 9.17) is 11.6 Å². The van der Waals surface area contributed by atoms with Crippen molar-refractivity contribution in [1.29, 1.82) is 0 Å². The van der Waals surface area contributed by atoms with Crippen LogP contribution in [0.15, 0.2) is 12.4 Å². The highest BCUT2D eigenvalue weighted by Gasteiger charge is 2.03. The van der Waals surface area contributed by atoms with Crippen LogP contribution in [0.1, 0.15) is 10.5 Å². The molecule has 0 aliphatic rings. The number of nitrogens with two attached hydrogens (primary N) is 2. The number of anilines is 1. The molecule has 0 radical (unpaired) electrons. The lowest BCUT2D eigenvalue weighted by Gasteiger charge is -1.97. The maximum atomic E-state index is 10.8. The molecular formula is C5H7N5O. The molecule has 0 saturated heterocycles. The van der Waals surface area contributed by atoms with Gasteiger partial charge in [-0.2, -0.15) is 0 Å². The van der Waals surface area contributed by atoms with Crippen LogP contribution in [0.2, 0.25) is 0 Å². The second-order valence-electron chi connectivity index (χ2n) is 1.80. The highest BCUT2D eigenvalue weighted by molar-refractivity contribution is 5.92. The van der Waals surface area contributed by atoms with E-state index in [2.05, 4.69) is 9.97 Å². The molecule has 1 aromatic heterocycles. The Morgan fingerprint density at radius 3 is 2.82 bits per heavy atom. The summed E-state index contributed by atoms with van der Waals surface area (Å²) in [4.78, 5) is 18.0. The lowest BCUT2D eigenvalue weighted by Crippen LogP contribution is -2.30. The van der Waals surface area contributed by atoms with Gasteiger partial charge in [-0.05, 0) is 0 Å². The molecule has 0 unspecified atom stereocenters. The van der Waals surface area contributed by atoms with Crippen LogP contribution in [0.4, 0.5) is 5.82 Å². The van der Waals surface area contributed by atoms with E-state index in [0.717, 1.165) is 0 Å². The van der Waals surface area contributed by atoms with Gasteiger partial charge in [0.05, 0.1) is 0 Å². The SMILES string of the molecule is NNC(=O)c1cc(N)ncn1. The molecule has 58 valence electrons. The Hall–Kier alpha value is -1.69. The van der Waals surface area contributed by atoms with E-state index >= 15 is 0 Å². The van der Waals surface area contributed by atoms with Crippen molar-refractivity contribution in [2.75, 3.05) is 5.73 Å². The van der Waals surface area contributed by atoms with Gasteiger partial charge in [-0.25, -0.2) is 15.8 Å². The van der Waals surface area contributed by atoms with Crippen molar-refractivity contribution in [3.8, 4) is 0 Å². The fourth-order valence-corrected chi connectivity index (χ4v) is 0.570. The van der Waals surface area contributed by atoms with E-state index in [1.807, 2.05) is 5.43 Å². The van der Waals surface area contributed by atoms with Gasteiger partial charge in [0.2, 0.25) is 0 Å². The molecule has 0 fully saturated rings. The normalized spacial score (nSPS) is 9.18. The summed E-state index contributed by atoms with van der Waals surface area (Å²) in [5, 5.41) is 0. The average Bonchev–Trinajstić information content (AvgIpc) is 2.03. The van der Waals surface area contributed by atoms with E-state index in [9.17, 15) is 4.79 Å². The Bertz CT molecular complexity index is 273. The van der Waals surface area contributed by atoms with E-state index < -0.39 is 5.91 Å². The molecule has 0 aliphatic heterocycles. The molecule has 11 heavy (non-hydrogen) atoms. The number of carbonyl (C=O) groups excluding carboxylic acids is 1. The quantitative estimate of drug-likeness (QED) is 0.263. The molecule has 0 atom stereocenters. The zero-order valence-corrected chi connectivity index (χ0v) is 5.61. The smallest absolute Gasteiger partial charge is 0.283 e. The van der Waals surface area contributed by atoms with Crippen molar-refractivity contribution in [3.63, 3.8) is 0 Å². The topological polar surface area (TPSA) is 107 Å². The Morgan fingerprint density at radius 2 is 2.27 bits per heavy atom. The number of nitrogen functional groups attached to an aromatic ring is 2. The Morgan fingerprint density at radius 1 is 1.55 bits per heavy atom. The molecule has 1 rings (SSSR count). The molecule has 0 aromatic carbocycles. The van der Waals surface area contributed by atoms with Crippen LogP contribution in [0.3, 0.4) is 0 Å². The molecule has 1 aromatic rings. The Labute approximate surface area is 62.6 Å². The molecule has 0 spiro atoms. The summed E-state index contributed by atoms with van der Waals surface area (Å²) in [6, 6.07) is 1.34. The van der Waals surface area contributed by atoms with Crippen molar-refractivity contribution in [2.45, 2.75) is 0 Å². The van der Waals surface area contributed by atoms with Gasteiger partial charge in [-0.15, -0.1) is 0 Å². The lowest BCUT2D eigenvalue weighted by atomic mass is 10.4. The summed E-state index contributed by atoms with van der Waals surface area (Å²) in [7, 11) is 0.